The van der Waals surface area contributed by atoms with Crippen molar-refractivity contribution in [3.63, 3.8) is 0 Å². The van der Waals surface area contributed by atoms with Crippen molar-refractivity contribution in [3.05, 3.63) is 82.8 Å². The van der Waals surface area contributed by atoms with Gasteiger partial charge in [0.25, 0.3) is 5.91 Å². The number of nitrogens with zero attached hydrogens (tertiary/aromatic N) is 6. The Morgan fingerprint density at radius 1 is 1.00 bits per heavy atom. The van der Waals surface area contributed by atoms with E-state index >= 15 is 0 Å². The van der Waals surface area contributed by atoms with E-state index in [0.29, 0.717) is 30.0 Å². The molecule has 0 unspecified atom stereocenters. The molecule has 12 heteroatoms. The van der Waals surface area contributed by atoms with Gasteiger partial charge in [0.15, 0.2) is 5.65 Å². The van der Waals surface area contributed by atoms with Gasteiger partial charge in [0.1, 0.15) is 17.3 Å². The lowest BCUT2D eigenvalue weighted by molar-refractivity contribution is -0.138. The van der Waals surface area contributed by atoms with Crippen LogP contribution in [0.1, 0.15) is 39.2 Å². The normalized spacial score (nSPS) is 15.7. The van der Waals surface area contributed by atoms with Crippen LogP contribution in [0.3, 0.4) is 0 Å². The van der Waals surface area contributed by atoms with Crippen LogP contribution in [0.4, 0.5) is 24.8 Å². The monoisotopic (exact) mass is 560 g/mol. The van der Waals surface area contributed by atoms with Crippen LogP contribution in [-0.2, 0) is 12.7 Å². The minimum atomic E-state index is -4.59. The van der Waals surface area contributed by atoms with Gasteiger partial charge in [0, 0.05) is 63.1 Å². The minimum Gasteiger partial charge on any atom is -0.355 e. The molecule has 0 atom stereocenters. The molecule has 0 saturated carbocycles. The summed E-state index contributed by atoms with van der Waals surface area (Å²) in [4.78, 5) is 25.5. The van der Waals surface area contributed by atoms with Crippen LogP contribution >= 0.6 is 0 Å². The first-order valence-electron chi connectivity index (χ1n) is 13.4. The molecule has 2 fully saturated rings. The number of halogens is 3. The number of carbonyl (C=O) groups excluding carboxylic acids is 1. The molecule has 2 aliphatic heterocycles. The summed E-state index contributed by atoms with van der Waals surface area (Å²) in [6.07, 6.45) is -0.325. The summed E-state index contributed by atoms with van der Waals surface area (Å²) in [5, 5.41) is 10.4. The lowest BCUT2D eigenvalue weighted by atomic mass is 10.0. The van der Waals surface area contributed by atoms with Crippen LogP contribution in [0.25, 0.3) is 5.65 Å². The van der Waals surface area contributed by atoms with Crippen molar-refractivity contribution in [2.24, 2.45) is 0 Å². The second-order valence-electron chi connectivity index (χ2n) is 9.98. The predicted molar refractivity (Wildman–Crippen MR) is 148 cm³/mol. The summed E-state index contributed by atoms with van der Waals surface area (Å²) >= 11 is 0. The van der Waals surface area contributed by atoms with Crippen LogP contribution in [0.15, 0.2) is 54.9 Å². The first-order chi connectivity index (χ1) is 19.8. The van der Waals surface area contributed by atoms with Gasteiger partial charge in [-0.15, -0.1) is 5.10 Å². The maximum Gasteiger partial charge on any atom is 0.416 e. The standard InChI is InChI=1S/C29H27F3N8O/c30-29(31,32)24-17-21(3-4-22(24)19-38-14-10-33-11-15-38)28(41)36-25-16-20(8-9-34-25)2-5-23-18-35-26-6-7-27(37-40(23)26)39-12-1-13-39/h3-4,6-9,16-18,33H,1,10-15,19H2,(H,34,36,41). The quantitative estimate of drug-likeness (QED) is 0.362. The van der Waals surface area contributed by atoms with Crippen LogP contribution in [0.5, 0.6) is 0 Å². The van der Waals surface area contributed by atoms with Crippen molar-refractivity contribution in [3.8, 4) is 11.8 Å². The van der Waals surface area contributed by atoms with E-state index in [1.165, 1.54) is 18.3 Å². The van der Waals surface area contributed by atoms with Crippen LogP contribution in [0.2, 0.25) is 0 Å². The Morgan fingerprint density at radius 3 is 2.59 bits per heavy atom. The largest absolute Gasteiger partial charge is 0.416 e. The number of benzene rings is 1. The zero-order valence-electron chi connectivity index (χ0n) is 22.1. The van der Waals surface area contributed by atoms with Gasteiger partial charge in [0.05, 0.1) is 11.8 Å². The number of alkyl halides is 3. The third-order valence-electron chi connectivity index (χ3n) is 7.15. The van der Waals surface area contributed by atoms with Crippen molar-refractivity contribution in [2.45, 2.75) is 19.1 Å². The molecular formula is C29H27F3N8O. The van der Waals surface area contributed by atoms with Gasteiger partial charge in [-0.2, -0.15) is 13.2 Å². The van der Waals surface area contributed by atoms with E-state index in [-0.39, 0.29) is 23.5 Å². The molecule has 0 aliphatic carbocycles. The zero-order valence-corrected chi connectivity index (χ0v) is 22.1. The Bertz CT molecular complexity index is 1650. The van der Waals surface area contributed by atoms with E-state index in [2.05, 4.69) is 42.4 Å². The number of anilines is 2. The number of nitrogens with one attached hydrogen (secondary N) is 2. The smallest absolute Gasteiger partial charge is 0.355 e. The summed E-state index contributed by atoms with van der Waals surface area (Å²) < 4.78 is 43.4. The molecule has 1 aromatic carbocycles. The van der Waals surface area contributed by atoms with Gasteiger partial charge in [-0.05, 0) is 54.3 Å². The predicted octanol–water partition coefficient (Wildman–Crippen LogP) is 3.41. The van der Waals surface area contributed by atoms with Gasteiger partial charge in [-0.1, -0.05) is 12.0 Å². The third-order valence-corrected chi connectivity index (χ3v) is 7.15. The van der Waals surface area contributed by atoms with Gasteiger partial charge in [-0.3, -0.25) is 9.69 Å². The average molecular weight is 561 g/mol. The molecule has 0 spiro atoms. The Morgan fingerprint density at radius 2 is 1.83 bits per heavy atom. The molecule has 6 rings (SSSR count). The van der Waals surface area contributed by atoms with E-state index in [9.17, 15) is 18.0 Å². The SMILES string of the molecule is O=C(Nc1cc(C#Cc2cnc3ccc(N4CCC4)nn23)ccn1)c1ccc(CN2CCNCC2)c(C(F)(F)F)c1. The zero-order chi connectivity index (χ0) is 28.4. The number of piperazine rings is 1. The highest BCUT2D eigenvalue weighted by molar-refractivity contribution is 6.04. The fourth-order valence-corrected chi connectivity index (χ4v) is 4.79. The van der Waals surface area contributed by atoms with Gasteiger partial charge in [-0.25, -0.2) is 14.5 Å². The Hall–Kier alpha value is -4.47. The van der Waals surface area contributed by atoms with Crippen molar-refractivity contribution in [2.75, 3.05) is 49.5 Å². The lowest BCUT2D eigenvalue weighted by Gasteiger charge is -2.31. The number of carbonyl (C=O) groups is 1. The number of hydrogen-bond donors (Lipinski definition) is 2. The van der Waals surface area contributed by atoms with E-state index in [4.69, 9.17) is 0 Å². The lowest BCUT2D eigenvalue weighted by Crippen LogP contribution is -2.43. The molecule has 2 saturated heterocycles. The van der Waals surface area contributed by atoms with Gasteiger partial charge < -0.3 is 15.5 Å². The number of hydrogen-bond acceptors (Lipinski definition) is 7. The number of pyridine rings is 1. The number of amides is 1. The van der Waals surface area contributed by atoms with Crippen molar-refractivity contribution >= 4 is 23.2 Å². The van der Waals surface area contributed by atoms with Crippen molar-refractivity contribution in [1.82, 2.24) is 29.8 Å². The summed E-state index contributed by atoms with van der Waals surface area (Å²) in [5.74, 6) is 6.44. The molecule has 0 bridgehead atoms. The average Bonchev–Trinajstić information content (AvgIpc) is 3.33. The summed E-state index contributed by atoms with van der Waals surface area (Å²) in [5.41, 5.74) is 1.07. The first kappa shape index (κ1) is 26.7. The molecule has 0 radical (unpaired) electrons. The van der Waals surface area contributed by atoms with Crippen LogP contribution in [0, 0.1) is 11.8 Å². The number of rotatable bonds is 5. The molecule has 4 aromatic rings. The molecule has 3 aromatic heterocycles. The minimum absolute atomic E-state index is 0.102. The third kappa shape index (κ3) is 6.01. The van der Waals surface area contributed by atoms with Gasteiger partial charge in [0.2, 0.25) is 0 Å². The van der Waals surface area contributed by atoms with E-state index in [1.54, 1.807) is 22.8 Å². The Balaban J connectivity index is 1.19. The molecular weight excluding hydrogens is 533 g/mol. The Kier molecular flexibility index (Phi) is 7.30. The topological polar surface area (TPSA) is 90.7 Å². The summed E-state index contributed by atoms with van der Waals surface area (Å²) in [7, 11) is 0. The second-order valence-corrected chi connectivity index (χ2v) is 9.98. The molecule has 41 heavy (non-hydrogen) atoms. The highest BCUT2D eigenvalue weighted by Gasteiger charge is 2.34. The maximum absolute atomic E-state index is 13.9. The van der Waals surface area contributed by atoms with Gasteiger partial charge >= 0.3 is 6.18 Å². The second kappa shape index (κ2) is 11.2. The van der Waals surface area contributed by atoms with E-state index in [1.807, 2.05) is 17.0 Å². The summed E-state index contributed by atoms with van der Waals surface area (Å²) in [6.45, 7) is 4.90. The van der Waals surface area contributed by atoms with E-state index < -0.39 is 17.6 Å². The molecule has 5 heterocycles. The summed E-state index contributed by atoms with van der Waals surface area (Å²) in [6, 6.07) is 10.8. The fourth-order valence-electron chi connectivity index (χ4n) is 4.79. The number of aromatic nitrogens is 4. The molecule has 2 aliphatic rings. The molecule has 2 N–H and O–H groups in total. The molecule has 1 amide bonds. The highest BCUT2D eigenvalue weighted by atomic mass is 19.4. The number of fused-ring (bicyclic) bond motifs is 1. The maximum atomic E-state index is 13.9. The first-order valence-corrected chi connectivity index (χ1v) is 13.4. The Labute approximate surface area is 234 Å². The molecule has 9 nitrogen and oxygen atoms in total. The highest BCUT2D eigenvalue weighted by Crippen LogP contribution is 2.33. The van der Waals surface area contributed by atoms with Crippen molar-refractivity contribution in [1.29, 1.82) is 0 Å². The number of imidazole rings is 1. The van der Waals surface area contributed by atoms with Crippen LogP contribution in [-0.4, -0.2) is 69.7 Å². The molecule has 210 valence electrons. The van der Waals surface area contributed by atoms with E-state index in [0.717, 1.165) is 44.5 Å². The van der Waals surface area contributed by atoms with Crippen molar-refractivity contribution < 1.29 is 18.0 Å². The van der Waals surface area contributed by atoms with Crippen LogP contribution < -0.4 is 15.5 Å². The fraction of sp³-hybridized carbons (Fsp3) is 0.310.